The molecule has 0 aliphatic rings. The number of halogens is 1. The molecule has 0 spiro atoms. The van der Waals surface area contributed by atoms with Crippen molar-refractivity contribution >= 4 is 37.3 Å². The minimum Gasteiger partial charge on any atom is -0.386 e. The predicted molar refractivity (Wildman–Crippen MR) is 76.5 cm³/mol. The van der Waals surface area contributed by atoms with Crippen LogP contribution in [0.25, 0.3) is 0 Å². The molecular formula is C11H11BrN4O2S. The Morgan fingerprint density at radius 2 is 2.00 bits per heavy atom. The van der Waals surface area contributed by atoms with Crippen molar-refractivity contribution < 1.29 is 8.42 Å². The number of hydrogen-bond donors (Lipinski definition) is 2. The molecule has 0 aliphatic heterocycles. The van der Waals surface area contributed by atoms with Crippen LogP contribution in [0.4, 0.5) is 11.4 Å². The number of sulfonamides is 1. The fourth-order valence-corrected chi connectivity index (χ4v) is 3.15. The Labute approximate surface area is 119 Å². The maximum atomic E-state index is 12.3. The first-order chi connectivity index (χ1) is 9.04. The molecule has 0 saturated carbocycles. The highest BCUT2D eigenvalue weighted by atomic mass is 79.9. The normalized spacial score (nSPS) is 11.1. The fourth-order valence-electron chi connectivity index (χ4n) is 1.45. The van der Waals surface area contributed by atoms with E-state index < -0.39 is 10.0 Å². The van der Waals surface area contributed by atoms with Crippen molar-refractivity contribution in [3.8, 4) is 0 Å². The van der Waals surface area contributed by atoms with Crippen molar-refractivity contribution in [2.24, 2.45) is 0 Å². The molecule has 0 unspecified atom stereocenters. The molecule has 100 valence electrons. The molecule has 2 aromatic rings. The van der Waals surface area contributed by atoms with E-state index in [1.807, 2.05) is 0 Å². The Balaban J connectivity index is 2.41. The molecule has 0 atom stereocenters. The minimum atomic E-state index is -3.76. The Kier molecular flexibility index (Phi) is 4.01. The molecule has 2 rings (SSSR count). The van der Waals surface area contributed by atoms with E-state index in [9.17, 15) is 8.42 Å². The number of nitrogens with one attached hydrogen (secondary N) is 2. The summed E-state index contributed by atoms with van der Waals surface area (Å²) >= 11 is 3.23. The molecule has 0 aliphatic carbocycles. The lowest BCUT2D eigenvalue weighted by Crippen LogP contribution is -2.16. The molecule has 0 fully saturated rings. The lowest BCUT2D eigenvalue weighted by atomic mass is 10.4. The summed E-state index contributed by atoms with van der Waals surface area (Å²) in [6, 6.07) is 4.86. The SMILES string of the molecule is CNc1cccnc1S(=O)(=O)Nc1ccncc1Br. The van der Waals surface area contributed by atoms with Crippen LogP contribution in [-0.2, 0) is 10.0 Å². The molecular weight excluding hydrogens is 332 g/mol. The predicted octanol–water partition coefficient (Wildman–Crippen LogP) is 2.08. The number of rotatable bonds is 4. The lowest BCUT2D eigenvalue weighted by Gasteiger charge is -2.11. The van der Waals surface area contributed by atoms with E-state index >= 15 is 0 Å². The first kappa shape index (κ1) is 13.8. The van der Waals surface area contributed by atoms with Gasteiger partial charge in [0, 0.05) is 25.6 Å². The van der Waals surface area contributed by atoms with Gasteiger partial charge in [-0.3, -0.25) is 9.71 Å². The van der Waals surface area contributed by atoms with Crippen LogP contribution in [0.5, 0.6) is 0 Å². The zero-order valence-electron chi connectivity index (χ0n) is 9.96. The number of aromatic nitrogens is 2. The number of hydrogen-bond acceptors (Lipinski definition) is 5. The van der Waals surface area contributed by atoms with Crippen LogP contribution in [0.2, 0.25) is 0 Å². The molecule has 2 N–H and O–H groups in total. The summed E-state index contributed by atoms with van der Waals surface area (Å²) in [6.45, 7) is 0. The first-order valence-corrected chi connectivity index (χ1v) is 7.57. The van der Waals surface area contributed by atoms with E-state index in [0.29, 0.717) is 15.8 Å². The second-order valence-electron chi connectivity index (χ2n) is 3.57. The molecule has 0 saturated heterocycles. The van der Waals surface area contributed by atoms with E-state index in [0.717, 1.165) is 0 Å². The van der Waals surface area contributed by atoms with Crippen molar-refractivity contribution in [1.82, 2.24) is 9.97 Å². The maximum Gasteiger partial charge on any atom is 0.281 e. The van der Waals surface area contributed by atoms with Gasteiger partial charge in [-0.05, 0) is 34.1 Å². The smallest absolute Gasteiger partial charge is 0.281 e. The number of pyridine rings is 2. The van der Waals surface area contributed by atoms with Crippen molar-refractivity contribution in [2.75, 3.05) is 17.1 Å². The molecule has 2 aromatic heterocycles. The monoisotopic (exact) mass is 342 g/mol. The lowest BCUT2D eigenvalue weighted by molar-refractivity contribution is 0.598. The van der Waals surface area contributed by atoms with Gasteiger partial charge < -0.3 is 5.32 Å². The van der Waals surface area contributed by atoms with Gasteiger partial charge in [-0.15, -0.1) is 0 Å². The largest absolute Gasteiger partial charge is 0.386 e. The molecule has 8 heteroatoms. The Morgan fingerprint density at radius 3 is 2.68 bits per heavy atom. The highest BCUT2D eigenvalue weighted by molar-refractivity contribution is 9.10. The van der Waals surface area contributed by atoms with Gasteiger partial charge in [-0.2, -0.15) is 8.42 Å². The van der Waals surface area contributed by atoms with E-state index in [4.69, 9.17) is 0 Å². The van der Waals surface area contributed by atoms with Crippen LogP contribution in [0.3, 0.4) is 0 Å². The van der Waals surface area contributed by atoms with Gasteiger partial charge in [0.05, 0.1) is 15.8 Å². The van der Waals surface area contributed by atoms with Gasteiger partial charge >= 0.3 is 0 Å². The van der Waals surface area contributed by atoms with E-state index in [-0.39, 0.29) is 5.03 Å². The van der Waals surface area contributed by atoms with Crippen LogP contribution in [0.1, 0.15) is 0 Å². The summed E-state index contributed by atoms with van der Waals surface area (Å²) in [4.78, 5) is 7.77. The minimum absolute atomic E-state index is 0.0544. The summed E-state index contributed by atoms with van der Waals surface area (Å²) in [6.07, 6.45) is 4.44. The van der Waals surface area contributed by atoms with Crippen LogP contribution < -0.4 is 10.0 Å². The average Bonchev–Trinajstić information content (AvgIpc) is 2.41. The highest BCUT2D eigenvalue weighted by Crippen LogP contribution is 2.25. The summed E-state index contributed by atoms with van der Waals surface area (Å²) in [5.41, 5.74) is 0.836. The van der Waals surface area contributed by atoms with Crippen LogP contribution in [0, 0.1) is 0 Å². The zero-order chi connectivity index (χ0) is 13.9. The zero-order valence-corrected chi connectivity index (χ0v) is 12.4. The van der Waals surface area contributed by atoms with E-state index in [1.54, 1.807) is 25.2 Å². The Hall–Kier alpha value is -1.67. The molecule has 0 bridgehead atoms. The molecule has 0 amide bonds. The highest BCUT2D eigenvalue weighted by Gasteiger charge is 2.20. The quantitative estimate of drug-likeness (QED) is 0.888. The van der Waals surface area contributed by atoms with Gasteiger partial charge in [0.15, 0.2) is 5.03 Å². The van der Waals surface area contributed by atoms with Gasteiger partial charge in [0.1, 0.15) is 0 Å². The molecule has 6 nitrogen and oxygen atoms in total. The van der Waals surface area contributed by atoms with Crippen molar-refractivity contribution in [3.63, 3.8) is 0 Å². The van der Waals surface area contributed by atoms with E-state index in [1.165, 1.54) is 18.6 Å². The molecule has 0 radical (unpaired) electrons. The second-order valence-corrected chi connectivity index (χ2v) is 6.02. The summed E-state index contributed by atoms with van der Waals surface area (Å²) in [5, 5.41) is 2.74. The van der Waals surface area contributed by atoms with Gasteiger partial charge in [0.2, 0.25) is 0 Å². The topological polar surface area (TPSA) is 84.0 Å². The molecule has 2 heterocycles. The summed E-state index contributed by atoms with van der Waals surface area (Å²) in [5.74, 6) is 0. The van der Waals surface area contributed by atoms with Crippen LogP contribution in [-0.4, -0.2) is 25.4 Å². The second kappa shape index (κ2) is 5.54. The number of nitrogens with zero attached hydrogens (tertiary/aromatic N) is 2. The summed E-state index contributed by atoms with van der Waals surface area (Å²) < 4.78 is 27.6. The van der Waals surface area contributed by atoms with Gasteiger partial charge in [-0.1, -0.05) is 0 Å². The van der Waals surface area contributed by atoms with Crippen molar-refractivity contribution in [1.29, 1.82) is 0 Å². The van der Waals surface area contributed by atoms with Crippen molar-refractivity contribution in [2.45, 2.75) is 5.03 Å². The molecule has 19 heavy (non-hydrogen) atoms. The first-order valence-electron chi connectivity index (χ1n) is 5.29. The third kappa shape index (κ3) is 3.02. The summed E-state index contributed by atoms with van der Waals surface area (Å²) in [7, 11) is -2.12. The average molecular weight is 343 g/mol. The van der Waals surface area contributed by atoms with Crippen molar-refractivity contribution in [3.05, 3.63) is 41.3 Å². The third-order valence-corrected chi connectivity index (χ3v) is 4.27. The van der Waals surface area contributed by atoms with Gasteiger partial charge in [-0.25, -0.2) is 4.98 Å². The fraction of sp³-hybridized carbons (Fsp3) is 0.0909. The van der Waals surface area contributed by atoms with Crippen LogP contribution in [0.15, 0.2) is 46.3 Å². The van der Waals surface area contributed by atoms with Gasteiger partial charge in [0.25, 0.3) is 10.0 Å². The Bertz CT molecular complexity index is 691. The third-order valence-electron chi connectivity index (χ3n) is 2.31. The molecule has 0 aromatic carbocycles. The van der Waals surface area contributed by atoms with Crippen LogP contribution >= 0.6 is 15.9 Å². The maximum absolute atomic E-state index is 12.3. The number of anilines is 2. The Morgan fingerprint density at radius 1 is 1.21 bits per heavy atom. The van der Waals surface area contributed by atoms with E-state index in [2.05, 4.69) is 35.9 Å². The standard InChI is InChI=1S/C11H11BrN4O2S/c1-13-10-3-2-5-15-11(10)19(17,18)16-9-4-6-14-7-8(9)12/h2-7,13H,1H3,(H,14,16).